The molecule has 32 heavy (non-hydrogen) atoms. The fraction of sp³-hybridized carbons (Fsp3) is 0.182. The van der Waals surface area contributed by atoms with Crippen LogP contribution in [0.4, 0.5) is 11.5 Å². The maximum Gasteiger partial charge on any atom is 0.225 e. The maximum absolute atomic E-state index is 12.4. The Hall–Kier alpha value is -4.15. The molecule has 9 nitrogen and oxygen atoms in total. The maximum atomic E-state index is 12.4. The average molecular weight is 447 g/mol. The lowest BCUT2D eigenvalue weighted by Crippen LogP contribution is -2.16. The number of ether oxygens (including phenoxy) is 2. The van der Waals surface area contributed by atoms with Gasteiger partial charge >= 0.3 is 0 Å². The molecule has 1 aliphatic heterocycles. The van der Waals surface area contributed by atoms with Crippen molar-refractivity contribution in [2.24, 2.45) is 0 Å². The van der Waals surface area contributed by atoms with Gasteiger partial charge in [0.15, 0.2) is 11.5 Å². The quantitative estimate of drug-likeness (QED) is 0.541. The Balaban J connectivity index is 1.46. The van der Waals surface area contributed by atoms with E-state index in [1.54, 1.807) is 30.3 Å². The number of thioether (sulfide) groups is 1. The van der Waals surface area contributed by atoms with Gasteiger partial charge in [0.1, 0.15) is 47.5 Å². The molecule has 10 heteroatoms. The first-order valence-electron chi connectivity index (χ1n) is 9.60. The molecular formula is C22H17N5O4S. The van der Waals surface area contributed by atoms with Crippen molar-refractivity contribution in [1.82, 2.24) is 4.98 Å². The molecule has 160 valence electrons. The smallest absolute Gasteiger partial charge is 0.225 e. The molecule has 0 atom stereocenters. The fourth-order valence-corrected chi connectivity index (χ4v) is 4.09. The molecular weight excluding hydrogens is 430 g/mol. The molecule has 1 aromatic carbocycles. The van der Waals surface area contributed by atoms with Crippen LogP contribution in [0.15, 0.2) is 46.0 Å². The van der Waals surface area contributed by atoms with Gasteiger partial charge in [-0.2, -0.15) is 10.5 Å². The van der Waals surface area contributed by atoms with Crippen molar-refractivity contribution in [3.63, 3.8) is 0 Å². The molecule has 0 aliphatic carbocycles. The van der Waals surface area contributed by atoms with Crippen molar-refractivity contribution in [2.75, 3.05) is 30.0 Å². The summed E-state index contributed by atoms with van der Waals surface area (Å²) in [4.78, 5) is 16.6. The summed E-state index contributed by atoms with van der Waals surface area (Å²) in [6.07, 6.45) is 1.62. The van der Waals surface area contributed by atoms with Crippen molar-refractivity contribution >= 4 is 29.2 Å². The Morgan fingerprint density at radius 2 is 1.94 bits per heavy atom. The summed E-state index contributed by atoms with van der Waals surface area (Å²) in [6.45, 7) is 0.957. The first-order valence-corrected chi connectivity index (χ1v) is 10.6. The number of hydrogen-bond acceptors (Lipinski definition) is 9. The molecule has 4 rings (SSSR count). The highest BCUT2D eigenvalue weighted by Crippen LogP contribution is 2.36. The van der Waals surface area contributed by atoms with E-state index in [1.807, 2.05) is 6.07 Å². The summed E-state index contributed by atoms with van der Waals surface area (Å²) in [5, 5.41) is 22.3. The lowest BCUT2D eigenvalue weighted by Gasteiger charge is -2.19. The molecule has 0 spiro atoms. The second-order valence-corrected chi connectivity index (χ2v) is 7.72. The van der Waals surface area contributed by atoms with Gasteiger partial charge < -0.3 is 24.9 Å². The average Bonchev–Trinajstić information content (AvgIpc) is 3.33. The van der Waals surface area contributed by atoms with E-state index < -0.39 is 0 Å². The van der Waals surface area contributed by atoms with E-state index in [9.17, 15) is 15.3 Å². The van der Waals surface area contributed by atoms with Crippen LogP contribution in [0.25, 0.3) is 11.3 Å². The van der Waals surface area contributed by atoms with Gasteiger partial charge in [-0.3, -0.25) is 4.79 Å². The van der Waals surface area contributed by atoms with E-state index in [4.69, 9.17) is 19.6 Å². The normalized spacial score (nSPS) is 11.9. The van der Waals surface area contributed by atoms with Crippen LogP contribution in [-0.2, 0) is 4.79 Å². The number of pyridine rings is 1. The third-order valence-electron chi connectivity index (χ3n) is 4.58. The summed E-state index contributed by atoms with van der Waals surface area (Å²) in [7, 11) is 0. The number of nitrogens with two attached hydrogens (primary N) is 1. The molecule has 0 radical (unpaired) electrons. The topological polar surface area (TPSA) is 147 Å². The van der Waals surface area contributed by atoms with E-state index >= 15 is 0 Å². The molecule has 3 N–H and O–H groups in total. The van der Waals surface area contributed by atoms with Crippen LogP contribution in [0, 0.1) is 22.7 Å². The van der Waals surface area contributed by atoms with Crippen LogP contribution < -0.4 is 20.5 Å². The van der Waals surface area contributed by atoms with Crippen LogP contribution >= 0.6 is 11.8 Å². The van der Waals surface area contributed by atoms with Crippen LogP contribution in [0.1, 0.15) is 17.5 Å². The molecule has 0 fully saturated rings. The predicted octanol–water partition coefficient (Wildman–Crippen LogP) is 3.56. The number of carbonyl (C=O) groups is 1. The largest absolute Gasteiger partial charge is 0.486 e. The number of fused-ring (bicyclic) bond motifs is 1. The van der Waals surface area contributed by atoms with Gasteiger partial charge in [-0.15, -0.1) is 11.8 Å². The molecule has 3 aromatic rings. The lowest BCUT2D eigenvalue weighted by molar-refractivity contribution is -0.115. The summed E-state index contributed by atoms with van der Waals surface area (Å²) in [5.41, 5.74) is 7.12. The van der Waals surface area contributed by atoms with Crippen molar-refractivity contribution in [1.29, 1.82) is 10.5 Å². The first kappa shape index (κ1) is 21.1. The van der Waals surface area contributed by atoms with Crippen molar-refractivity contribution in [3.8, 4) is 35.0 Å². The van der Waals surface area contributed by atoms with Crippen LogP contribution in [0.5, 0.6) is 11.5 Å². The SMILES string of the molecule is N#Cc1c(N)nc(SCCC(=O)Nc2ccc3c(c2)OCCO3)c(C#N)c1-c1ccco1. The third-order valence-corrected chi connectivity index (χ3v) is 5.55. The number of furan rings is 1. The predicted molar refractivity (Wildman–Crippen MR) is 117 cm³/mol. The highest BCUT2D eigenvalue weighted by molar-refractivity contribution is 7.99. The number of hydrogen-bond donors (Lipinski definition) is 2. The van der Waals surface area contributed by atoms with Gasteiger partial charge in [0.25, 0.3) is 0 Å². The van der Waals surface area contributed by atoms with Gasteiger partial charge in [0.2, 0.25) is 5.91 Å². The molecule has 0 saturated carbocycles. The van der Waals surface area contributed by atoms with Gasteiger partial charge in [0.05, 0.1) is 17.4 Å². The molecule has 0 unspecified atom stereocenters. The number of nitrogen functional groups attached to an aromatic ring is 1. The Bertz CT molecular complexity index is 1240. The molecule has 0 bridgehead atoms. The van der Waals surface area contributed by atoms with Crippen molar-refractivity contribution in [2.45, 2.75) is 11.4 Å². The molecule has 0 saturated heterocycles. The number of nitrogens with one attached hydrogen (secondary N) is 1. The van der Waals surface area contributed by atoms with Crippen LogP contribution in [-0.4, -0.2) is 29.9 Å². The molecule has 2 aromatic heterocycles. The minimum atomic E-state index is -0.208. The zero-order valence-electron chi connectivity index (χ0n) is 16.8. The Labute approximate surface area is 187 Å². The van der Waals surface area contributed by atoms with Crippen LogP contribution in [0.3, 0.4) is 0 Å². The minimum absolute atomic E-state index is 0.00105. The number of amides is 1. The second-order valence-electron chi connectivity index (χ2n) is 6.63. The lowest BCUT2D eigenvalue weighted by atomic mass is 10.0. The van der Waals surface area contributed by atoms with Crippen LogP contribution in [0.2, 0.25) is 0 Å². The summed E-state index contributed by atoms with van der Waals surface area (Å²) < 4.78 is 16.4. The molecule has 3 heterocycles. The summed E-state index contributed by atoms with van der Waals surface area (Å²) in [6, 6.07) is 12.6. The number of rotatable bonds is 6. The van der Waals surface area contributed by atoms with E-state index in [1.165, 1.54) is 18.0 Å². The number of nitrogens with zero attached hydrogens (tertiary/aromatic N) is 3. The molecule has 1 aliphatic rings. The number of aromatic nitrogens is 1. The van der Waals surface area contributed by atoms with E-state index in [2.05, 4.69) is 16.4 Å². The highest BCUT2D eigenvalue weighted by atomic mass is 32.2. The third kappa shape index (κ3) is 4.31. The summed E-state index contributed by atoms with van der Waals surface area (Å²) in [5.74, 6) is 1.73. The number of nitriles is 2. The monoisotopic (exact) mass is 447 g/mol. The zero-order valence-corrected chi connectivity index (χ0v) is 17.6. The minimum Gasteiger partial charge on any atom is -0.486 e. The van der Waals surface area contributed by atoms with Gasteiger partial charge in [-0.05, 0) is 24.3 Å². The fourth-order valence-electron chi connectivity index (χ4n) is 3.15. The van der Waals surface area contributed by atoms with Crippen molar-refractivity contribution in [3.05, 3.63) is 47.7 Å². The van der Waals surface area contributed by atoms with E-state index in [-0.39, 0.29) is 29.3 Å². The second kappa shape index (κ2) is 9.33. The van der Waals surface area contributed by atoms with E-state index in [0.29, 0.717) is 52.5 Å². The highest BCUT2D eigenvalue weighted by Gasteiger charge is 2.22. The number of carbonyl (C=O) groups excluding carboxylic acids is 1. The number of anilines is 2. The molecule has 1 amide bonds. The first-order chi connectivity index (χ1) is 15.6. The Morgan fingerprint density at radius 1 is 1.16 bits per heavy atom. The number of benzene rings is 1. The summed E-state index contributed by atoms with van der Waals surface area (Å²) >= 11 is 1.21. The van der Waals surface area contributed by atoms with Gasteiger partial charge in [0, 0.05) is 23.9 Å². The Kier molecular flexibility index (Phi) is 6.15. The Morgan fingerprint density at radius 3 is 2.66 bits per heavy atom. The van der Waals surface area contributed by atoms with Gasteiger partial charge in [-0.25, -0.2) is 4.98 Å². The van der Waals surface area contributed by atoms with Gasteiger partial charge in [-0.1, -0.05) is 0 Å². The zero-order chi connectivity index (χ0) is 22.5. The van der Waals surface area contributed by atoms with Crippen molar-refractivity contribution < 1.29 is 18.7 Å². The standard InChI is InChI=1S/C22H17N5O4S/c23-11-14-20(17-2-1-6-29-17)15(12-24)22(27-21(14)25)32-9-5-19(28)26-13-3-4-16-18(10-13)31-8-7-30-16/h1-4,6,10H,5,7-9H2,(H2,25,27)(H,26,28). The van der Waals surface area contributed by atoms with E-state index in [0.717, 1.165) is 0 Å².